The highest BCUT2D eigenvalue weighted by molar-refractivity contribution is 5.75. The molecule has 1 rings (SSSR count). The van der Waals surface area contributed by atoms with E-state index in [1.807, 2.05) is 5.43 Å². The third-order valence-electron chi connectivity index (χ3n) is 2.63. The van der Waals surface area contributed by atoms with Crippen molar-refractivity contribution in [3.8, 4) is 11.8 Å². The van der Waals surface area contributed by atoms with E-state index in [2.05, 4.69) is 0 Å². The molecule has 0 saturated carbocycles. The van der Waals surface area contributed by atoms with Crippen molar-refractivity contribution in [3.05, 3.63) is 29.3 Å². The lowest BCUT2D eigenvalue weighted by Gasteiger charge is -2.14. The van der Waals surface area contributed by atoms with Gasteiger partial charge in [0.05, 0.1) is 23.8 Å². The highest BCUT2D eigenvalue weighted by Crippen LogP contribution is 2.36. The Morgan fingerprint density at radius 2 is 2.10 bits per heavy atom. The van der Waals surface area contributed by atoms with Crippen LogP contribution >= 0.6 is 0 Å². The van der Waals surface area contributed by atoms with E-state index in [1.165, 1.54) is 6.07 Å². The van der Waals surface area contributed by atoms with Gasteiger partial charge in [-0.2, -0.15) is 18.4 Å². The Hall–Kier alpha value is -2.27. The van der Waals surface area contributed by atoms with Gasteiger partial charge in [0.1, 0.15) is 5.75 Å². The Bertz CT molecular complexity index is 538. The van der Waals surface area contributed by atoms with Crippen LogP contribution in [0.5, 0.6) is 5.75 Å². The molecule has 0 spiro atoms. The number of hydrogen-bond donors (Lipinski definition) is 2. The molecule has 0 fully saturated rings. The number of nitrogens with one attached hydrogen (secondary N) is 1. The number of nitrogens with zero attached hydrogens (tertiary/aromatic N) is 1. The first kappa shape index (κ1) is 16.8. The molecule has 0 aromatic heterocycles. The smallest absolute Gasteiger partial charge is 0.420 e. The Balaban J connectivity index is 2.63. The molecule has 1 amide bonds. The molecule has 5 nitrogen and oxygen atoms in total. The predicted octanol–water partition coefficient (Wildman–Crippen LogP) is 2.12. The summed E-state index contributed by atoms with van der Waals surface area (Å²) >= 11 is 0. The Labute approximate surface area is 119 Å². The van der Waals surface area contributed by atoms with E-state index < -0.39 is 11.7 Å². The summed E-state index contributed by atoms with van der Waals surface area (Å²) in [6.45, 7) is 0.0346. The number of halogens is 3. The molecule has 0 aliphatic heterocycles. The van der Waals surface area contributed by atoms with Gasteiger partial charge in [-0.25, -0.2) is 5.84 Å². The van der Waals surface area contributed by atoms with Crippen molar-refractivity contribution in [1.82, 2.24) is 5.43 Å². The van der Waals surface area contributed by atoms with Gasteiger partial charge in [0.25, 0.3) is 0 Å². The average molecular weight is 301 g/mol. The molecule has 0 unspecified atom stereocenters. The monoisotopic (exact) mass is 301 g/mol. The topological polar surface area (TPSA) is 88.1 Å². The number of carbonyl (C=O) groups excluding carboxylic acids is 1. The maximum atomic E-state index is 12.8. The van der Waals surface area contributed by atoms with E-state index in [0.717, 1.165) is 12.1 Å². The zero-order valence-corrected chi connectivity index (χ0v) is 11.0. The van der Waals surface area contributed by atoms with Gasteiger partial charge >= 0.3 is 6.18 Å². The van der Waals surface area contributed by atoms with E-state index >= 15 is 0 Å². The number of benzene rings is 1. The fraction of sp³-hybridized carbons (Fsp3) is 0.385. The number of hydrogen-bond acceptors (Lipinski definition) is 4. The zero-order valence-electron chi connectivity index (χ0n) is 11.0. The maximum Gasteiger partial charge on any atom is 0.420 e. The van der Waals surface area contributed by atoms with Crippen LogP contribution in [0, 0.1) is 11.3 Å². The van der Waals surface area contributed by atoms with Gasteiger partial charge in [-0.1, -0.05) is 0 Å². The van der Waals surface area contributed by atoms with Crippen molar-refractivity contribution in [2.45, 2.75) is 25.4 Å². The summed E-state index contributed by atoms with van der Waals surface area (Å²) < 4.78 is 43.6. The number of nitrogens with two attached hydrogens (primary N) is 1. The second-order valence-corrected chi connectivity index (χ2v) is 4.19. The van der Waals surface area contributed by atoms with Gasteiger partial charge in [-0.05, 0) is 31.0 Å². The van der Waals surface area contributed by atoms with Crippen LogP contribution in [0.1, 0.15) is 30.4 Å². The van der Waals surface area contributed by atoms with E-state index in [9.17, 15) is 18.0 Å². The van der Waals surface area contributed by atoms with Gasteiger partial charge in [0.2, 0.25) is 5.91 Å². The van der Waals surface area contributed by atoms with Crippen LogP contribution < -0.4 is 16.0 Å². The number of hydrazine groups is 1. The summed E-state index contributed by atoms with van der Waals surface area (Å²) in [7, 11) is 0. The molecule has 0 heterocycles. The average Bonchev–Trinajstić information content (AvgIpc) is 2.45. The van der Waals surface area contributed by atoms with Crippen molar-refractivity contribution in [3.63, 3.8) is 0 Å². The van der Waals surface area contributed by atoms with Crippen LogP contribution in [0.25, 0.3) is 0 Å². The number of alkyl halides is 3. The summed E-state index contributed by atoms with van der Waals surface area (Å²) in [5, 5.41) is 8.63. The number of amides is 1. The molecule has 0 atom stereocenters. The standard InChI is InChI=1S/C13H14F3N3O2/c14-13(15,16)10-7-9(8-17)4-5-11(10)21-6-2-1-3-12(20)19-18/h4-5,7H,1-3,6,18H2,(H,19,20). The Morgan fingerprint density at radius 3 is 2.67 bits per heavy atom. The minimum atomic E-state index is -4.60. The quantitative estimate of drug-likeness (QED) is 0.364. The predicted molar refractivity (Wildman–Crippen MR) is 67.8 cm³/mol. The van der Waals surface area contributed by atoms with E-state index in [1.54, 1.807) is 6.07 Å². The SMILES string of the molecule is N#Cc1ccc(OCCCCC(=O)NN)c(C(F)(F)F)c1. The molecule has 3 N–H and O–H groups in total. The first-order chi connectivity index (χ1) is 9.88. The highest BCUT2D eigenvalue weighted by Gasteiger charge is 2.34. The van der Waals surface area contributed by atoms with Gasteiger partial charge in [0.15, 0.2) is 0 Å². The molecule has 8 heteroatoms. The molecule has 21 heavy (non-hydrogen) atoms. The van der Waals surface area contributed by atoms with Crippen molar-refractivity contribution in [2.75, 3.05) is 6.61 Å². The van der Waals surface area contributed by atoms with Crippen LogP contribution in [-0.2, 0) is 11.0 Å². The van der Waals surface area contributed by atoms with Gasteiger partial charge in [-0.15, -0.1) is 0 Å². The summed E-state index contributed by atoms with van der Waals surface area (Å²) in [6, 6.07) is 4.77. The molecule has 0 saturated heterocycles. The van der Waals surface area contributed by atoms with Crippen molar-refractivity contribution in [2.24, 2.45) is 5.84 Å². The van der Waals surface area contributed by atoms with E-state index in [0.29, 0.717) is 12.8 Å². The lowest BCUT2D eigenvalue weighted by molar-refractivity contribution is -0.139. The number of rotatable bonds is 6. The molecule has 1 aromatic carbocycles. The fourth-order valence-corrected chi connectivity index (χ4v) is 1.59. The third kappa shape index (κ3) is 5.31. The van der Waals surface area contributed by atoms with Crippen molar-refractivity contribution in [1.29, 1.82) is 5.26 Å². The largest absolute Gasteiger partial charge is 0.493 e. The Kier molecular flexibility index (Phi) is 5.99. The molecule has 114 valence electrons. The number of nitriles is 1. The number of ether oxygens (including phenoxy) is 1. The van der Waals surface area contributed by atoms with Crippen LogP contribution in [0.4, 0.5) is 13.2 Å². The zero-order chi connectivity index (χ0) is 15.9. The second-order valence-electron chi connectivity index (χ2n) is 4.19. The van der Waals surface area contributed by atoms with Gasteiger partial charge in [-0.3, -0.25) is 10.2 Å². The lowest BCUT2D eigenvalue weighted by Crippen LogP contribution is -2.29. The molecule has 0 aliphatic carbocycles. The molecule has 1 aromatic rings. The molecule has 0 radical (unpaired) electrons. The molecule has 0 aliphatic rings. The molecular weight excluding hydrogens is 287 g/mol. The van der Waals surface area contributed by atoms with Crippen LogP contribution in [-0.4, -0.2) is 12.5 Å². The van der Waals surface area contributed by atoms with Crippen molar-refractivity contribution >= 4 is 5.91 Å². The van der Waals surface area contributed by atoms with Crippen LogP contribution in [0.15, 0.2) is 18.2 Å². The van der Waals surface area contributed by atoms with E-state index in [-0.39, 0.29) is 30.2 Å². The van der Waals surface area contributed by atoms with Gasteiger partial charge in [0, 0.05) is 6.42 Å². The first-order valence-electron chi connectivity index (χ1n) is 6.12. The summed E-state index contributed by atoms with van der Waals surface area (Å²) in [5.41, 5.74) is 0.883. The highest BCUT2D eigenvalue weighted by atomic mass is 19.4. The normalized spacial score (nSPS) is 10.8. The molecular formula is C13H14F3N3O2. The lowest BCUT2D eigenvalue weighted by atomic mass is 10.1. The maximum absolute atomic E-state index is 12.8. The minimum Gasteiger partial charge on any atom is -0.493 e. The first-order valence-corrected chi connectivity index (χ1v) is 6.12. The summed E-state index contributed by atoms with van der Waals surface area (Å²) in [5.74, 6) is 4.22. The van der Waals surface area contributed by atoms with Crippen molar-refractivity contribution < 1.29 is 22.7 Å². The second kappa shape index (κ2) is 7.50. The van der Waals surface area contributed by atoms with Crippen LogP contribution in [0.3, 0.4) is 0 Å². The minimum absolute atomic E-state index is 0.0346. The molecule has 0 bridgehead atoms. The summed E-state index contributed by atoms with van der Waals surface area (Å²) in [4.78, 5) is 10.8. The number of unbranched alkanes of at least 4 members (excludes halogenated alkanes) is 1. The van der Waals surface area contributed by atoms with Gasteiger partial charge < -0.3 is 4.74 Å². The number of carbonyl (C=O) groups is 1. The fourth-order valence-electron chi connectivity index (χ4n) is 1.59. The third-order valence-corrected chi connectivity index (χ3v) is 2.63. The Morgan fingerprint density at radius 1 is 1.38 bits per heavy atom. The van der Waals surface area contributed by atoms with E-state index in [4.69, 9.17) is 15.8 Å². The summed E-state index contributed by atoms with van der Waals surface area (Å²) in [6.07, 6.45) is -3.56. The van der Waals surface area contributed by atoms with Crippen LogP contribution in [0.2, 0.25) is 0 Å².